The second kappa shape index (κ2) is 5.98. The second-order valence-corrected chi connectivity index (χ2v) is 7.01. The van der Waals surface area contributed by atoms with Crippen LogP contribution in [0.4, 0.5) is 0 Å². The Kier molecular flexibility index (Phi) is 4.54. The van der Waals surface area contributed by atoms with Gasteiger partial charge in [0.25, 0.3) is 0 Å². The number of halogens is 1. The molecule has 1 heterocycles. The molecule has 0 aliphatic heterocycles. The summed E-state index contributed by atoms with van der Waals surface area (Å²) < 4.78 is 0. The fourth-order valence-electron chi connectivity index (χ4n) is 1.74. The summed E-state index contributed by atoms with van der Waals surface area (Å²) in [7, 11) is 0. The minimum Gasteiger partial charge on any atom is -0.260 e. The van der Waals surface area contributed by atoms with Gasteiger partial charge in [-0.15, -0.1) is 11.8 Å². The number of aromatic nitrogens is 1. The first-order chi connectivity index (χ1) is 8.95. The molecule has 0 atom stereocenters. The van der Waals surface area contributed by atoms with Crippen molar-refractivity contribution >= 4 is 23.4 Å². The Morgan fingerprint density at radius 1 is 1.11 bits per heavy atom. The van der Waals surface area contributed by atoms with Gasteiger partial charge in [-0.2, -0.15) is 0 Å². The summed E-state index contributed by atoms with van der Waals surface area (Å²) in [4.78, 5) is 5.57. The molecule has 3 heteroatoms. The molecule has 0 aliphatic carbocycles. The van der Waals surface area contributed by atoms with Gasteiger partial charge in [-0.1, -0.05) is 44.5 Å². The van der Waals surface area contributed by atoms with Gasteiger partial charge in [-0.25, -0.2) is 0 Å². The number of rotatable bonds is 3. The lowest BCUT2D eigenvalue weighted by Gasteiger charge is -2.19. The SMILES string of the molecule is CC(C)(C)c1ccc(SCc2cc(Cl)ccn2)cc1. The summed E-state index contributed by atoms with van der Waals surface area (Å²) in [6.45, 7) is 6.68. The van der Waals surface area contributed by atoms with Gasteiger partial charge < -0.3 is 0 Å². The predicted molar refractivity (Wildman–Crippen MR) is 84.0 cm³/mol. The Morgan fingerprint density at radius 2 is 1.79 bits per heavy atom. The second-order valence-electron chi connectivity index (χ2n) is 5.53. The summed E-state index contributed by atoms with van der Waals surface area (Å²) in [5.74, 6) is 0.843. The molecule has 2 aromatic rings. The summed E-state index contributed by atoms with van der Waals surface area (Å²) in [6.07, 6.45) is 1.75. The molecular formula is C16H18ClNS. The number of hydrogen-bond acceptors (Lipinski definition) is 2. The molecule has 1 aromatic heterocycles. The van der Waals surface area contributed by atoms with Crippen LogP contribution in [0, 0.1) is 0 Å². The highest BCUT2D eigenvalue weighted by molar-refractivity contribution is 7.98. The fourth-order valence-corrected chi connectivity index (χ4v) is 2.72. The molecule has 0 radical (unpaired) electrons. The summed E-state index contributed by atoms with van der Waals surface area (Å²) in [5.41, 5.74) is 2.58. The molecule has 0 N–H and O–H groups in total. The maximum absolute atomic E-state index is 5.95. The Balaban J connectivity index is 2.01. The van der Waals surface area contributed by atoms with E-state index in [0.29, 0.717) is 0 Å². The molecule has 0 amide bonds. The topological polar surface area (TPSA) is 12.9 Å². The quantitative estimate of drug-likeness (QED) is 0.709. The van der Waals surface area contributed by atoms with Crippen LogP contribution in [0.2, 0.25) is 5.02 Å². The van der Waals surface area contributed by atoms with E-state index in [9.17, 15) is 0 Å². The molecule has 100 valence electrons. The monoisotopic (exact) mass is 291 g/mol. The highest BCUT2D eigenvalue weighted by atomic mass is 35.5. The standard InChI is InChI=1S/C16H18ClNS/c1-16(2,3)12-4-6-15(7-5-12)19-11-14-10-13(17)8-9-18-14/h4-10H,11H2,1-3H3. The maximum Gasteiger partial charge on any atom is 0.0521 e. The molecule has 0 saturated heterocycles. The van der Waals surface area contributed by atoms with E-state index < -0.39 is 0 Å². The molecule has 0 spiro atoms. The minimum absolute atomic E-state index is 0.206. The zero-order valence-electron chi connectivity index (χ0n) is 11.5. The van der Waals surface area contributed by atoms with Crippen LogP contribution in [0.15, 0.2) is 47.5 Å². The molecule has 1 nitrogen and oxygen atoms in total. The van der Waals surface area contributed by atoms with Gasteiger partial charge in [0.1, 0.15) is 0 Å². The first-order valence-electron chi connectivity index (χ1n) is 6.29. The van der Waals surface area contributed by atoms with Crippen LogP contribution in [0.25, 0.3) is 0 Å². The van der Waals surface area contributed by atoms with Crippen LogP contribution in [0.1, 0.15) is 32.0 Å². The highest BCUT2D eigenvalue weighted by Crippen LogP contribution is 2.27. The van der Waals surface area contributed by atoms with Crippen molar-refractivity contribution in [3.8, 4) is 0 Å². The van der Waals surface area contributed by atoms with Crippen molar-refractivity contribution < 1.29 is 0 Å². The van der Waals surface area contributed by atoms with Gasteiger partial charge in [0.05, 0.1) is 5.69 Å². The minimum atomic E-state index is 0.206. The van der Waals surface area contributed by atoms with Gasteiger partial charge in [0.2, 0.25) is 0 Å². The van der Waals surface area contributed by atoms with E-state index in [1.807, 2.05) is 6.07 Å². The number of nitrogens with zero attached hydrogens (tertiary/aromatic N) is 1. The number of hydrogen-bond donors (Lipinski definition) is 0. The Morgan fingerprint density at radius 3 is 2.37 bits per heavy atom. The maximum atomic E-state index is 5.95. The van der Waals surface area contributed by atoms with Crippen molar-refractivity contribution in [2.75, 3.05) is 0 Å². The van der Waals surface area contributed by atoms with Gasteiger partial charge in [-0.3, -0.25) is 4.98 Å². The first kappa shape index (κ1) is 14.4. The third-order valence-electron chi connectivity index (χ3n) is 2.89. The molecule has 2 rings (SSSR count). The molecule has 0 aliphatic rings. The molecule has 0 bridgehead atoms. The first-order valence-corrected chi connectivity index (χ1v) is 7.65. The number of pyridine rings is 1. The van der Waals surface area contributed by atoms with Crippen molar-refractivity contribution in [2.24, 2.45) is 0 Å². The lowest BCUT2D eigenvalue weighted by Crippen LogP contribution is -2.10. The molecule has 19 heavy (non-hydrogen) atoms. The number of thioether (sulfide) groups is 1. The van der Waals surface area contributed by atoms with E-state index in [2.05, 4.69) is 50.0 Å². The third-order valence-corrected chi connectivity index (χ3v) is 4.17. The van der Waals surface area contributed by atoms with E-state index in [0.717, 1.165) is 16.5 Å². The Hall–Kier alpha value is -0.990. The van der Waals surface area contributed by atoms with E-state index in [4.69, 9.17) is 11.6 Å². The molecule has 1 aromatic carbocycles. The summed E-state index contributed by atoms with van der Waals surface area (Å²) in [5, 5.41) is 0.744. The van der Waals surface area contributed by atoms with Crippen LogP contribution in [0.5, 0.6) is 0 Å². The van der Waals surface area contributed by atoms with Crippen LogP contribution in [0.3, 0.4) is 0 Å². The van der Waals surface area contributed by atoms with Crippen LogP contribution < -0.4 is 0 Å². The molecule has 0 fully saturated rings. The summed E-state index contributed by atoms with van der Waals surface area (Å²) >= 11 is 7.73. The smallest absolute Gasteiger partial charge is 0.0521 e. The Bertz CT molecular complexity index is 543. The normalized spacial score (nSPS) is 11.6. The van der Waals surface area contributed by atoms with Crippen molar-refractivity contribution in [2.45, 2.75) is 36.8 Å². The van der Waals surface area contributed by atoms with Crippen molar-refractivity contribution in [1.29, 1.82) is 0 Å². The Labute approximate surface area is 124 Å². The van der Waals surface area contributed by atoms with Crippen molar-refractivity contribution in [3.05, 3.63) is 58.9 Å². The van der Waals surface area contributed by atoms with Crippen LogP contribution >= 0.6 is 23.4 Å². The molecular weight excluding hydrogens is 274 g/mol. The highest BCUT2D eigenvalue weighted by Gasteiger charge is 2.12. The predicted octanol–water partition coefficient (Wildman–Crippen LogP) is 5.32. The lowest BCUT2D eigenvalue weighted by molar-refractivity contribution is 0.590. The molecule has 0 unspecified atom stereocenters. The lowest BCUT2D eigenvalue weighted by atomic mass is 9.87. The van der Waals surface area contributed by atoms with E-state index in [-0.39, 0.29) is 5.41 Å². The van der Waals surface area contributed by atoms with E-state index in [1.54, 1.807) is 24.0 Å². The third kappa shape index (κ3) is 4.26. The van der Waals surface area contributed by atoms with E-state index in [1.165, 1.54) is 10.5 Å². The zero-order valence-corrected chi connectivity index (χ0v) is 13.1. The average Bonchev–Trinajstić information content (AvgIpc) is 2.36. The fraction of sp³-hybridized carbons (Fsp3) is 0.312. The van der Waals surface area contributed by atoms with Crippen LogP contribution in [-0.4, -0.2) is 4.98 Å². The number of benzene rings is 1. The van der Waals surface area contributed by atoms with Gasteiger partial charge in [0.15, 0.2) is 0 Å². The largest absolute Gasteiger partial charge is 0.260 e. The van der Waals surface area contributed by atoms with Gasteiger partial charge in [-0.05, 0) is 35.2 Å². The average molecular weight is 292 g/mol. The van der Waals surface area contributed by atoms with Gasteiger partial charge >= 0.3 is 0 Å². The van der Waals surface area contributed by atoms with Crippen molar-refractivity contribution in [1.82, 2.24) is 4.98 Å². The summed E-state index contributed by atoms with van der Waals surface area (Å²) in [6, 6.07) is 12.5. The van der Waals surface area contributed by atoms with Crippen LogP contribution in [-0.2, 0) is 11.2 Å². The van der Waals surface area contributed by atoms with Crippen molar-refractivity contribution in [3.63, 3.8) is 0 Å². The molecule has 0 saturated carbocycles. The zero-order chi connectivity index (χ0) is 13.9. The van der Waals surface area contributed by atoms with Gasteiger partial charge in [0, 0.05) is 21.9 Å². The van der Waals surface area contributed by atoms with E-state index >= 15 is 0 Å².